The molecule has 2 aromatic rings. The zero-order valence-corrected chi connectivity index (χ0v) is 9.98. The molecule has 2 rings (SSSR count). The summed E-state index contributed by atoms with van der Waals surface area (Å²) in [6.45, 7) is 0. The van der Waals surface area contributed by atoms with Gasteiger partial charge in [0.2, 0.25) is 0 Å². The van der Waals surface area contributed by atoms with E-state index in [0.29, 0.717) is 16.6 Å². The lowest BCUT2D eigenvalue weighted by Gasteiger charge is -2.17. The van der Waals surface area contributed by atoms with Crippen LogP contribution in [0.3, 0.4) is 0 Å². The van der Waals surface area contributed by atoms with Gasteiger partial charge >= 0.3 is 6.18 Å². The van der Waals surface area contributed by atoms with Crippen molar-refractivity contribution in [3.05, 3.63) is 36.2 Å². The van der Waals surface area contributed by atoms with E-state index in [0.717, 1.165) is 0 Å². The Morgan fingerprint density at radius 2 is 1.84 bits per heavy atom. The van der Waals surface area contributed by atoms with Gasteiger partial charge in [-0.2, -0.15) is 13.2 Å². The minimum absolute atomic E-state index is 0.119. The summed E-state index contributed by atoms with van der Waals surface area (Å²) >= 11 is 0. The Morgan fingerprint density at radius 1 is 1.16 bits per heavy atom. The number of rotatable bonds is 4. The van der Waals surface area contributed by atoms with Gasteiger partial charge in [-0.05, 0) is 24.1 Å². The highest BCUT2D eigenvalue weighted by atomic mass is 19.4. The summed E-state index contributed by atoms with van der Waals surface area (Å²) < 4.78 is 36.7. The number of hydrogen-bond donors (Lipinski definition) is 2. The van der Waals surface area contributed by atoms with Crippen LogP contribution in [0.25, 0.3) is 11.0 Å². The average Bonchev–Trinajstić information content (AvgIpc) is 2.38. The van der Waals surface area contributed by atoms with Crippen molar-refractivity contribution in [3.63, 3.8) is 0 Å². The molecule has 0 fully saturated rings. The first-order valence-corrected chi connectivity index (χ1v) is 5.73. The lowest BCUT2D eigenvalue weighted by Crippen LogP contribution is -2.29. The van der Waals surface area contributed by atoms with Crippen LogP contribution in [0.5, 0.6) is 0 Å². The van der Waals surface area contributed by atoms with Gasteiger partial charge in [-0.1, -0.05) is 6.07 Å². The van der Waals surface area contributed by atoms with Crippen molar-refractivity contribution in [2.75, 3.05) is 0 Å². The van der Waals surface area contributed by atoms with E-state index in [1.165, 1.54) is 6.20 Å². The van der Waals surface area contributed by atoms with Gasteiger partial charge in [-0.15, -0.1) is 0 Å². The molecule has 3 N–H and O–H groups in total. The molecule has 0 aliphatic rings. The molecular weight excluding hydrogens is 257 g/mol. The molecule has 102 valence electrons. The highest BCUT2D eigenvalue weighted by Crippen LogP contribution is 2.28. The Labute approximate surface area is 107 Å². The fourth-order valence-electron chi connectivity index (χ4n) is 1.85. The van der Waals surface area contributed by atoms with Crippen molar-refractivity contribution in [3.8, 4) is 0 Å². The van der Waals surface area contributed by atoms with E-state index in [4.69, 9.17) is 5.84 Å². The van der Waals surface area contributed by atoms with Gasteiger partial charge in [0.1, 0.15) is 0 Å². The first kappa shape index (κ1) is 13.7. The Bertz CT molecular complexity index is 556. The van der Waals surface area contributed by atoms with E-state index in [2.05, 4.69) is 15.4 Å². The van der Waals surface area contributed by atoms with Crippen molar-refractivity contribution >= 4 is 11.0 Å². The molecule has 0 radical (unpaired) electrons. The van der Waals surface area contributed by atoms with Crippen LogP contribution in [-0.2, 0) is 0 Å². The van der Waals surface area contributed by atoms with Gasteiger partial charge in [-0.3, -0.25) is 21.2 Å². The molecule has 0 saturated carbocycles. The molecule has 0 aliphatic heterocycles. The van der Waals surface area contributed by atoms with Gasteiger partial charge in [-0.25, -0.2) is 0 Å². The van der Waals surface area contributed by atoms with Crippen LogP contribution in [0.2, 0.25) is 0 Å². The number of halogens is 3. The smallest absolute Gasteiger partial charge is 0.271 e. The largest absolute Gasteiger partial charge is 0.389 e. The number of alkyl halides is 3. The maximum absolute atomic E-state index is 12.2. The van der Waals surface area contributed by atoms with Crippen molar-refractivity contribution in [1.82, 2.24) is 15.4 Å². The van der Waals surface area contributed by atoms with E-state index in [-0.39, 0.29) is 6.42 Å². The summed E-state index contributed by atoms with van der Waals surface area (Å²) in [4.78, 5) is 8.21. The molecule has 1 heterocycles. The highest BCUT2D eigenvalue weighted by molar-refractivity contribution is 5.74. The fourth-order valence-corrected chi connectivity index (χ4v) is 1.85. The molecule has 7 heteroatoms. The van der Waals surface area contributed by atoms with Gasteiger partial charge in [0.25, 0.3) is 0 Å². The molecule has 0 bridgehead atoms. The first-order chi connectivity index (χ1) is 8.99. The van der Waals surface area contributed by atoms with Crippen LogP contribution in [0.1, 0.15) is 24.4 Å². The van der Waals surface area contributed by atoms with E-state index in [1.54, 1.807) is 24.4 Å². The first-order valence-electron chi connectivity index (χ1n) is 5.73. The number of nitrogens with one attached hydrogen (secondary N) is 1. The molecule has 1 unspecified atom stereocenters. The quantitative estimate of drug-likeness (QED) is 0.661. The molecule has 19 heavy (non-hydrogen) atoms. The number of fused-ring (bicyclic) bond motifs is 1. The lowest BCUT2D eigenvalue weighted by molar-refractivity contribution is -0.136. The highest BCUT2D eigenvalue weighted by Gasteiger charge is 2.28. The summed E-state index contributed by atoms with van der Waals surface area (Å²) in [5.41, 5.74) is 4.40. The summed E-state index contributed by atoms with van der Waals surface area (Å²) in [7, 11) is 0. The third-order valence-corrected chi connectivity index (χ3v) is 2.81. The van der Waals surface area contributed by atoms with Crippen molar-refractivity contribution in [2.45, 2.75) is 25.1 Å². The number of nitrogens with two attached hydrogens (primary N) is 1. The second-order valence-electron chi connectivity index (χ2n) is 4.18. The normalized spacial score (nSPS) is 13.7. The molecule has 4 nitrogen and oxygen atoms in total. The maximum Gasteiger partial charge on any atom is 0.389 e. The van der Waals surface area contributed by atoms with Crippen LogP contribution >= 0.6 is 0 Å². The zero-order chi connectivity index (χ0) is 13.9. The zero-order valence-electron chi connectivity index (χ0n) is 9.98. The van der Waals surface area contributed by atoms with Crippen LogP contribution in [0.4, 0.5) is 13.2 Å². The van der Waals surface area contributed by atoms with Crippen LogP contribution in [0.15, 0.2) is 30.6 Å². The van der Waals surface area contributed by atoms with Gasteiger partial charge in [0.15, 0.2) is 0 Å². The molecule has 0 amide bonds. The van der Waals surface area contributed by atoms with Gasteiger partial charge in [0, 0.05) is 24.9 Å². The summed E-state index contributed by atoms with van der Waals surface area (Å²) in [6, 6.07) is 4.56. The molecule has 0 saturated heterocycles. The Hall–Kier alpha value is -1.73. The van der Waals surface area contributed by atoms with Crippen molar-refractivity contribution in [1.29, 1.82) is 0 Å². The Kier molecular flexibility index (Phi) is 3.96. The predicted octanol–water partition coefficient (Wildman–Crippen LogP) is 2.48. The van der Waals surface area contributed by atoms with Crippen molar-refractivity contribution in [2.24, 2.45) is 5.84 Å². The van der Waals surface area contributed by atoms with Crippen LogP contribution in [-0.4, -0.2) is 16.1 Å². The second-order valence-corrected chi connectivity index (χ2v) is 4.18. The topological polar surface area (TPSA) is 63.8 Å². The van der Waals surface area contributed by atoms with Crippen LogP contribution < -0.4 is 11.3 Å². The minimum atomic E-state index is -4.19. The molecule has 0 aliphatic carbocycles. The number of benzene rings is 1. The second kappa shape index (κ2) is 5.50. The maximum atomic E-state index is 12.2. The van der Waals surface area contributed by atoms with Gasteiger partial charge < -0.3 is 0 Å². The summed E-state index contributed by atoms with van der Waals surface area (Å²) in [6.07, 6.45) is -2.10. The number of aromatic nitrogens is 2. The molecule has 1 atom stereocenters. The van der Waals surface area contributed by atoms with E-state index >= 15 is 0 Å². The standard InChI is InChI=1S/C12H13F3N4/c13-12(14,15)4-3-9(19-16)8-1-2-10-11(7-8)18-6-5-17-10/h1-2,5-7,9,19H,3-4,16H2. The molecule has 0 spiro atoms. The molecule has 1 aromatic heterocycles. The van der Waals surface area contributed by atoms with Gasteiger partial charge in [0.05, 0.1) is 11.0 Å². The van der Waals surface area contributed by atoms with E-state index < -0.39 is 18.6 Å². The predicted molar refractivity (Wildman–Crippen MR) is 64.9 cm³/mol. The third kappa shape index (κ3) is 3.62. The minimum Gasteiger partial charge on any atom is -0.271 e. The SMILES string of the molecule is NNC(CCC(F)(F)F)c1ccc2nccnc2c1. The number of hydrogen-bond acceptors (Lipinski definition) is 4. The lowest BCUT2D eigenvalue weighted by atomic mass is 10.0. The van der Waals surface area contributed by atoms with E-state index in [9.17, 15) is 13.2 Å². The number of nitrogens with zero attached hydrogens (tertiary/aromatic N) is 2. The fraction of sp³-hybridized carbons (Fsp3) is 0.333. The van der Waals surface area contributed by atoms with E-state index in [1.807, 2.05) is 0 Å². The Morgan fingerprint density at radius 3 is 2.47 bits per heavy atom. The summed E-state index contributed by atoms with van der Waals surface area (Å²) in [5.74, 6) is 5.32. The van der Waals surface area contributed by atoms with Crippen molar-refractivity contribution < 1.29 is 13.2 Å². The molecule has 1 aromatic carbocycles. The third-order valence-electron chi connectivity index (χ3n) is 2.81. The summed E-state index contributed by atoms with van der Waals surface area (Å²) in [5, 5.41) is 0. The Balaban J connectivity index is 2.20. The molecular formula is C12H13F3N4. The average molecular weight is 270 g/mol. The van der Waals surface area contributed by atoms with Crippen LogP contribution in [0, 0.1) is 0 Å². The monoisotopic (exact) mass is 270 g/mol. The number of hydrazine groups is 1.